The summed E-state index contributed by atoms with van der Waals surface area (Å²) in [5.41, 5.74) is 12.4. The molecule has 0 spiro atoms. The van der Waals surface area contributed by atoms with Crippen molar-refractivity contribution >= 4 is 49.0 Å². The number of benzene rings is 4. The number of aromatic hydroxyl groups is 1. The van der Waals surface area contributed by atoms with Crippen molar-refractivity contribution in [1.29, 1.82) is 0 Å². The zero-order chi connectivity index (χ0) is 22.2. The van der Waals surface area contributed by atoms with Gasteiger partial charge in [0.05, 0.1) is 16.4 Å². The summed E-state index contributed by atoms with van der Waals surface area (Å²) in [5, 5.41) is 16.2. The Hall–Kier alpha value is -3.56. The number of hydrogen-bond acceptors (Lipinski definition) is 3. The Labute approximate surface area is 204 Å². The molecule has 158 valence electrons. The van der Waals surface area contributed by atoms with E-state index in [0.29, 0.717) is 11.4 Å². The van der Waals surface area contributed by atoms with E-state index in [1.165, 1.54) is 0 Å². The van der Waals surface area contributed by atoms with E-state index in [1.54, 1.807) is 12.4 Å². The third kappa shape index (κ3) is 4.01. The molecular weight excluding hydrogens is 460 g/mol. The standard InChI is InChI=1S/C14H11N2.C14H11NO.Zn/c1-9-4-5-10-6-7-11-3-2-8-16-14(11)12(10)13(9)15;1-9-4-5-10-6-7-11-3-2-8-15-13(11)12(10)14(9)16;/h2-8,15H,1H3;2-8,16H,1H3;/q-1;;. The van der Waals surface area contributed by atoms with Gasteiger partial charge in [0.1, 0.15) is 5.75 Å². The van der Waals surface area contributed by atoms with Crippen LogP contribution in [-0.2, 0) is 19.5 Å². The van der Waals surface area contributed by atoms with Gasteiger partial charge in [0.2, 0.25) is 0 Å². The van der Waals surface area contributed by atoms with Gasteiger partial charge in [0.15, 0.2) is 0 Å². The maximum Gasteiger partial charge on any atom is 0.128 e. The molecule has 0 amide bonds. The first kappa shape index (κ1) is 22.6. The topological polar surface area (TPSA) is 69.8 Å². The molecule has 2 aromatic heterocycles. The first-order valence-electron chi connectivity index (χ1n) is 10.5. The molecule has 0 saturated heterocycles. The summed E-state index contributed by atoms with van der Waals surface area (Å²) in [6.07, 6.45) is 3.53. The molecule has 0 fully saturated rings. The number of nitrogens with one attached hydrogen (secondary N) is 1. The van der Waals surface area contributed by atoms with Crippen molar-refractivity contribution in [3.05, 3.63) is 102 Å². The Bertz CT molecular complexity index is 1510. The van der Waals surface area contributed by atoms with E-state index in [0.717, 1.165) is 54.5 Å². The molecule has 4 aromatic carbocycles. The molecule has 0 aliphatic carbocycles. The van der Waals surface area contributed by atoms with E-state index in [4.69, 9.17) is 5.73 Å². The summed E-state index contributed by atoms with van der Waals surface area (Å²) in [5.74, 6) is 0.335. The van der Waals surface area contributed by atoms with Crippen molar-refractivity contribution in [3.63, 3.8) is 0 Å². The Balaban J connectivity index is 0.000000152. The molecule has 0 aliphatic heterocycles. The fourth-order valence-corrected chi connectivity index (χ4v) is 4.10. The van der Waals surface area contributed by atoms with Gasteiger partial charge < -0.3 is 10.8 Å². The Morgan fingerprint density at radius 1 is 0.606 bits per heavy atom. The van der Waals surface area contributed by atoms with Gasteiger partial charge in [-0.2, -0.15) is 0 Å². The third-order valence-corrected chi connectivity index (χ3v) is 5.89. The second-order valence-electron chi connectivity index (χ2n) is 7.97. The van der Waals surface area contributed by atoms with Crippen LogP contribution in [0.5, 0.6) is 5.75 Å². The van der Waals surface area contributed by atoms with Crippen LogP contribution in [0.4, 0.5) is 5.69 Å². The normalized spacial score (nSPS) is 10.7. The molecule has 0 aliphatic rings. The van der Waals surface area contributed by atoms with Gasteiger partial charge in [-0.3, -0.25) is 9.97 Å². The summed E-state index contributed by atoms with van der Waals surface area (Å²) in [7, 11) is 0. The van der Waals surface area contributed by atoms with Gasteiger partial charge in [0, 0.05) is 42.6 Å². The fourth-order valence-electron chi connectivity index (χ4n) is 4.10. The third-order valence-electron chi connectivity index (χ3n) is 5.89. The summed E-state index contributed by atoms with van der Waals surface area (Å²) in [4.78, 5) is 8.74. The molecule has 0 radical (unpaired) electrons. The van der Waals surface area contributed by atoms with Gasteiger partial charge in [-0.25, -0.2) is 0 Å². The minimum atomic E-state index is 0. The molecule has 2 N–H and O–H groups in total. The molecule has 0 unspecified atom stereocenters. The maximum absolute atomic E-state index is 10.1. The maximum atomic E-state index is 10.1. The molecule has 6 rings (SSSR count). The van der Waals surface area contributed by atoms with Crippen molar-refractivity contribution in [1.82, 2.24) is 9.97 Å². The minimum absolute atomic E-state index is 0. The number of rotatable bonds is 0. The second-order valence-corrected chi connectivity index (χ2v) is 7.97. The summed E-state index contributed by atoms with van der Waals surface area (Å²) in [6.45, 7) is 3.86. The summed E-state index contributed by atoms with van der Waals surface area (Å²) < 4.78 is 0. The molecule has 2 heterocycles. The fraction of sp³-hybridized carbons (Fsp3) is 0.0714. The largest absolute Gasteiger partial charge is 0.698 e. The van der Waals surface area contributed by atoms with Crippen LogP contribution in [0.2, 0.25) is 0 Å². The smallest absolute Gasteiger partial charge is 0.128 e. The van der Waals surface area contributed by atoms with Gasteiger partial charge in [-0.1, -0.05) is 66.2 Å². The van der Waals surface area contributed by atoms with Gasteiger partial charge >= 0.3 is 0 Å². The van der Waals surface area contributed by atoms with Crippen LogP contribution in [0.25, 0.3) is 49.1 Å². The van der Waals surface area contributed by atoms with Crippen LogP contribution in [0.15, 0.2) is 85.2 Å². The van der Waals surface area contributed by atoms with Crippen molar-refractivity contribution < 1.29 is 24.6 Å². The number of aromatic nitrogens is 2. The van der Waals surface area contributed by atoms with Crippen LogP contribution in [0.1, 0.15) is 11.1 Å². The number of hydrogen-bond donors (Lipinski definition) is 1. The van der Waals surface area contributed by atoms with Crippen molar-refractivity contribution in [3.8, 4) is 5.75 Å². The summed E-state index contributed by atoms with van der Waals surface area (Å²) >= 11 is 0. The van der Waals surface area contributed by atoms with Crippen LogP contribution in [-0.4, -0.2) is 15.1 Å². The van der Waals surface area contributed by atoms with Crippen molar-refractivity contribution in [2.75, 3.05) is 0 Å². The molecule has 0 saturated carbocycles. The first-order valence-corrected chi connectivity index (χ1v) is 10.5. The monoisotopic (exact) mass is 480 g/mol. The molecule has 5 heteroatoms. The molecule has 33 heavy (non-hydrogen) atoms. The molecule has 0 atom stereocenters. The van der Waals surface area contributed by atoms with Gasteiger partial charge in [-0.05, 0) is 47.7 Å². The van der Waals surface area contributed by atoms with Crippen LogP contribution in [0.3, 0.4) is 0 Å². The Morgan fingerprint density at radius 2 is 1.06 bits per heavy atom. The zero-order valence-electron chi connectivity index (χ0n) is 18.6. The zero-order valence-corrected chi connectivity index (χ0v) is 21.6. The van der Waals surface area contributed by atoms with Crippen molar-refractivity contribution in [2.45, 2.75) is 13.8 Å². The first-order chi connectivity index (χ1) is 15.5. The van der Waals surface area contributed by atoms with E-state index in [1.807, 2.05) is 68.4 Å². The van der Waals surface area contributed by atoms with E-state index in [9.17, 15) is 5.11 Å². The minimum Gasteiger partial charge on any atom is -0.698 e. The van der Waals surface area contributed by atoms with E-state index in [2.05, 4.69) is 28.2 Å². The Kier molecular flexibility index (Phi) is 6.26. The molecular formula is C28H22N3OZn-. The molecule has 0 bridgehead atoms. The Morgan fingerprint density at radius 3 is 1.67 bits per heavy atom. The number of phenolic OH excluding ortho intramolecular Hbond substituents is 1. The number of phenols is 1. The van der Waals surface area contributed by atoms with Gasteiger partial charge in [0.25, 0.3) is 0 Å². The molecule has 4 nitrogen and oxygen atoms in total. The van der Waals surface area contributed by atoms with Crippen LogP contribution in [0, 0.1) is 13.8 Å². The van der Waals surface area contributed by atoms with Gasteiger partial charge in [-0.15, -0.1) is 5.69 Å². The van der Waals surface area contributed by atoms with Crippen LogP contribution >= 0.6 is 0 Å². The number of nitrogens with zero attached hydrogens (tertiary/aromatic N) is 2. The molecule has 6 aromatic rings. The second kappa shape index (κ2) is 9.13. The van der Waals surface area contributed by atoms with E-state index in [-0.39, 0.29) is 19.5 Å². The van der Waals surface area contributed by atoms with Crippen LogP contribution < -0.4 is 0 Å². The quantitative estimate of drug-likeness (QED) is 0.178. The number of aryl methyl sites for hydroxylation is 2. The predicted molar refractivity (Wildman–Crippen MR) is 134 cm³/mol. The predicted octanol–water partition coefficient (Wildman–Crippen LogP) is 7.78. The average molecular weight is 482 g/mol. The van der Waals surface area contributed by atoms with E-state index >= 15 is 0 Å². The number of fused-ring (bicyclic) bond motifs is 6. The average Bonchev–Trinajstić information content (AvgIpc) is 2.83. The van der Waals surface area contributed by atoms with E-state index < -0.39 is 0 Å². The number of pyridine rings is 2. The van der Waals surface area contributed by atoms with Crippen molar-refractivity contribution in [2.24, 2.45) is 0 Å². The summed E-state index contributed by atoms with van der Waals surface area (Å²) in [6, 6.07) is 24.0. The SMILES string of the molecule is Cc1ccc2ccc3cccnc3c2c1O.Cc1ccc2ccc3cccnc3c2c1[NH-].[Zn].